The van der Waals surface area contributed by atoms with Crippen molar-refractivity contribution in [1.29, 1.82) is 0 Å². The summed E-state index contributed by atoms with van der Waals surface area (Å²) in [5.41, 5.74) is 4.60. The first kappa shape index (κ1) is 20.2. The van der Waals surface area contributed by atoms with Crippen molar-refractivity contribution in [3.63, 3.8) is 0 Å². The first-order valence-electron chi connectivity index (χ1n) is 9.10. The Balaban J connectivity index is 1.95. The molecule has 0 aliphatic carbocycles. The van der Waals surface area contributed by atoms with Gasteiger partial charge in [-0.1, -0.05) is 0 Å². The molecular formula is C22H24N2O3Se. The third-order valence-electron chi connectivity index (χ3n) is 4.52. The number of nitrogens with one attached hydrogen (secondary N) is 2. The maximum absolute atomic E-state index is 12.2. The topological polar surface area (TPSA) is 71.2 Å². The van der Waals surface area contributed by atoms with Gasteiger partial charge in [0.1, 0.15) is 0 Å². The van der Waals surface area contributed by atoms with Crippen molar-refractivity contribution in [2.24, 2.45) is 0 Å². The van der Waals surface area contributed by atoms with Gasteiger partial charge in [0.25, 0.3) is 0 Å². The van der Waals surface area contributed by atoms with Gasteiger partial charge in [-0.15, -0.1) is 0 Å². The predicted molar refractivity (Wildman–Crippen MR) is 112 cm³/mol. The zero-order valence-corrected chi connectivity index (χ0v) is 18.0. The molecular weight excluding hydrogens is 419 g/mol. The fourth-order valence-corrected chi connectivity index (χ4v) is 5.39. The second-order valence-corrected chi connectivity index (χ2v) is 8.80. The Morgan fingerprint density at radius 1 is 1.18 bits per heavy atom. The van der Waals surface area contributed by atoms with Crippen LogP contribution in [0.5, 0.6) is 0 Å². The van der Waals surface area contributed by atoms with Crippen LogP contribution in [-0.2, 0) is 26.1 Å². The number of hydrogen-bond acceptors (Lipinski definition) is 3. The zero-order chi connectivity index (χ0) is 20.1. The number of aromatic amines is 1. The van der Waals surface area contributed by atoms with Gasteiger partial charge in [-0.3, -0.25) is 0 Å². The van der Waals surface area contributed by atoms with E-state index in [1.165, 1.54) is 25.2 Å². The molecule has 0 fully saturated rings. The molecule has 0 spiro atoms. The van der Waals surface area contributed by atoms with E-state index in [1.807, 2.05) is 18.2 Å². The summed E-state index contributed by atoms with van der Waals surface area (Å²) >= 11 is 0.167. The summed E-state index contributed by atoms with van der Waals surface area (Å²) in [6, 6.07) is 15.9. The van der Waals surface area contributed by atoms with Crippen molar-refractivity contribution in [3.05, 3.63) is 65.2 Å². The normalized spacial score (nSPS) is 12.0. The Morgan fingerprint density at radius 2 is 1.93 bits per heavy atom. The Labute approximate surface area is 171 Å². The quantitative estimate of drug-likeness (QED) is 0.435. The summed E-state index contributed by atoms with van der Waals surface area (Å²) < 4.78 is 6.05. The number of amides is 1. The number of aromatic nitrogens is 1. The van der Waals surface area contributed by atoms with Gasteiger partial charge in [-0.2, -0.15) is 0 Å². The van der Waals surface area contributed by atoms with Gasteiger partial charge in [0.2, 0.25) is 0 Å². The van der Waals surface area contributed by atoms with Crippen molar-refractivity contribution in [2.75, 3.05) is 7.11 Å². The summed E-state index contributed by atoms with van der Waals surface area (Å²) in [7, 11) is 1.34. The van der Waals surface area contributed by atoms with E-state index in [-0.39, 0.29) is 20.9 Å². The minimum atomic E-state index is -0.700. The molecule has 1 atom stereocenters. The molecule has 0 bridgehead atoms. The third kappa shape index (κ3) is 4.83. The molecule has 5 nitrogen and oxygen atoms in total. The number of fused-ring (bicyclic) bond motifs is 1. The standard InChI is InChI=1S/C22H24N2O3Se/c1-14-9-10-17-18(12-20(22(26)27-3)23-15(2)25)21(24-19(17)11-14)28-13-16-7-5-4-6-8-16/h4-11,20,24H,12-13H2,1-3H3,(H,23,25). The van der Waals surface area contributed by atoms with Crippen LogP contribution in [0.3, 0.4) is 0 Å². The number of hydrogen-bond donors (Lipinski definition) is 2. The van der Waals surface area contributed by atoms with E-state index in [1.54, 1.807) is 0 Å². The maximum atomic E-state index is 12.2. The number of carbonyl (C=O) groups excluding carboxylic acids is 2. The second kappa shape index (κ2) is 9.09. The number of H-pyrrole nitrogens is 1. The molecule has 0 aliphatic rings. The van der Waals surface area contributed by atoms with E-state index < -0.39 is 12.0 Å². The van der Waals surface area contributed by atoms with Gasteiger partial charge in [-0.05, 0) is 0 Å². The van der Waals surface area contributed by atoms with Gasteiger partial charge in [0.05, 0.1) is 0 Å². The Hall–Kier alpha value is -2.56. The van der Waals surface area contributed by atoms with Gasteiger partial charge in [0, 0.05) is 0 Å². The molecule has 3 aromatic rings. The van der Waals surface area contributed by atoms with E-state index in [0.717, 1.165) is 26.4 Å². The van der Waals surface area contributed by atoms with Crippen molar-refractivity contribution >= 4 is 42.3 Å². The van der Waals surface area contributed by atoms with Crippen LogP contribution in [0.25, 0.3) is 10.9 Å². The Morgan fingerprint density at radius 3 is 2.61 bits per heavy atom. The molecule has 1 amide bonds. The number of methoxy groups -OCH3 is 1. The molecule has 1 unspecified atom stereocenters. The van der Waals surface area contributed by atoms with Gasteiger partial charge in [0.15, 0.2) is 0 Å². The van der Waals surface area contributed by atoms with Gasteiger partial charge in [-0.25, -0.2) is 0 Å². The minimum absolute atomic E-state index is 0.167. The number of ether oxygens (including phenoxy) is 1. The van der Waals surface area contributed by atoms with Gasteiger partial charge >= 0.3 is 171 Å². The number of aryl methyl sites for hydroxylation is 1. The summed E-state index contributed by atoms with van der Waals surface area (Å²) in [6.07, 6.45) is 0.404. The van der Waals surface area contributed by atoms with E-state index in [0.29, 0.717) is 6.42 Å². The number of esters is 1. The summed E-state index contributed by atoms with van der Waals surface area (Å²) in [4.78, 5) is 27.4. The van der Waals surface area contributed by atoms with E-state index in [9.17, 15) is 9.59 Å². The average Bonchev–Trinajstić information content (AvgIpc) is 3.02. The molecule has 2 N–H and O–H groups in total. The molecule has 6 heteroatoms. The van der Waals surface area contributed by atoms with Crippen LogP contribution in [-0.4, -0.2) is 45.0 Å². The summed E-state index contributed by atoms with van der Waals surface area (Å²) in [6.45, 7) is 3.47. The van der Waals surface area contributed by atoms with E-state index >= 15 is 0 Å². The first-order valence-corrected chi connectivity index (χ1v) is 11.2. The van der Waals surface area contributed by atoms with E-state index in [2.05, 4.69) is 47.6 Å². The fraction of sp³-hybridized carbons (Fsp3) is 0.273. The van der Waals surface area contributed by atoms with Crippen LogP contribution in [0.2, 0.25) is 0 Å². The molecule has 0 saturated heterocycles. The fourth-order valence-electron chi connectivity index (χ4n) is 3.19. The molecule has 0 aliphatic heterocycles. The predicted octanol–water partition coefficient (Wildman–Crippen LogP) is 2.23. The van der Waals surface area contributed by atoms with Crippen LogP contribution < -0.4 is 9.91 Å². The van der Waals surface area contributed by atoms with Crippen LogP contribution in [0.4, 0.5) is 0 Å². The Kier molecular flexibility index (Phi) is 6.55. The summed E-state index contributed by atoms with van der Waals surface area (Å²) in [5, 5.41) is 4.77. The van der Waals surface area contributed by atoms with Crippen molar-refractivity contribution in [1.82, 2.24) is 10.3 Å². The second-order valence-electron chi connectivity index (χ2n) is 6.74. The van der Waals surface area contributed by atoms with E-state index in [4.69, 9.17) is 4.74 Å². The molecule has 3 rings (SSSR count). The molecule has 28 heavy (non-hydrogen) atoms. The molecule has 2 aromatic carbocycles. The molecule has 0 radical (unpaired) electrons. The molecule has 1 heterocycles. The SMILES string of the molecule is COC(=O)C(Cc1c([Se]Cc2ccccc2)[nH]c2cc(C)ccc12)NC(C)=O. The number of carbonyl (C=O) groups is 2. The van der Waals surface area contributed by atoms with Crippen molar-refractivity contribution < 1.29 is 14.3 Å². The van der Waals surface area contributed by atoms with Crippen LogP contribution >= 0.6 is 0 Å². The van der Waals surface area contributed by atoms with Crippen LogP contribution in [0, 0.1) is 6.92 Å². The van der Waals surface area contributed by atoms with Crippen molar-refractivity contribution in [3.8, 4) is 0 Å². The monoisotopic (exact) mass is 444 g/mol. The van der Waals surface area contributed by atoms with Crippen LogP contribution in [0.15, 0.2) is 48.5 Å². The van der Waals surface area contributed by atoms with Crippen LogP contribution in [0.1, 0.15) is 23.6 Å². The Bertz CT molecular complexity index is 982. The van der Waals surface area contributed by atoms with Gasteiger partial charge < -0.3 is 0 Å². The number of rotatable bonds is 7. The molecule has 1 aromatic heterocycles. The average molecular weight is 443 g/mol. The van der Waals surface area contributed by atoms with Crippen molar-refractivity contribution in [2.45, 2.75) is 31.6 Å². The number of benzene rings is 2. The third-order valence-corrected chi connectivity index (χ3v) is 6.86. The zero-order valence-electron chi connectivity index (χ0n) is 16.2. The summed E-state index contributed by atoms with van der Waals surface area (Å²) in [5.74, 6) is -0.680. The first-order chi connectivity index (χ1) is 13.5. The molecule has 146 valence electrons. The molecule has 0 saturated carbocycles.